The number of alkyl halides is 6. The molecule has 0 saturated heterocycles. The highest BCUT2D eigenvalue weighted by molar-refractivity contribution is 6.13. The molecule has 9 nitrogen and oxygen atoms in total. The molecule has 4 aromatic heterocycles. The van der Waals surface area contributed by atoms with Crippen LogP contribution in [-0.2, 0) is 12.4 Å². The molecule has 4 heterocycles. The van der Waals surface area contributed by atoms with Crippen molar-refractivity contribution in [3.05, 3.63) is 296 Å². The van der Waals surface area contributed by atoms with Gasteiger partial charge in [0, 0.05) is 72.0 Å². The van der Waals surface area contributed by atoms with E-state index in [1.54, 1.807) is 41.0 Å². The lowest BCUT2D eigenvalue weighted by Gasteiger charge is -2.24. The van der Waals surface area contributed by atoms with E-state index in [0.717, 1.165) is 34.4 Å². The fourth-order valence-electron chi connectivity index (χ4n) is 11.9. The van der Waals surface area contributed by atoms with Crippen molar-refractivity contribution < 1.29 is 26.3 Å². The van der Waals surface area contributed by atoms with Crippen molar-refractivity contribution in [2.45, 2.75) is 12.4 Å². The maximum atomic E-state index is 16.0. The Morgan fingerprint density at radius 3 is 0.828 bits per heavy atom. The summed E-state index contributed by atoms with van der Waals surface area (Å²) < 4.78 is 97.8. The maximum absolute atomic E-state index is 16.0. The largest absolute Gasteiger partial charge is 0.417 e. The number of benzene rings is 11. The molecular formula is C78H47F6N9. The smallest absolute Gasteiger partial charge is 0.308 e. The number of hydrogen-bond donors (Lipinski definition) is 0. The summed E-state index contributed by atoms with van der Waals surface area (Å²) in [5.41, 5.74) is 4.55. The minimum absolute atomic E-state index is 0.00549. The van der Waals surface area contributed by atoms with Crippen LogP contribution in [0, 0.1) is 0 Å². The summed E-state index contributed by atoms with van der Waals surface area (Å²) in [6, 6.07) is 82.7. The predicted octanol–water partition coefficient (Wildman–Crippen LogP) is 20.3. The first-order valence-corrected chi connectivity index (χ1v) is 29.7. The fraction of sp³-hybridized carbons (Fsp3) is 0.0256. The Labute approximate surface area is 528 Å². The Balaban J connectivity index is 1.07. The quantitative estimate of drug-likeness (QED) is 0.111. The van der Waals surface area contributed by atoms with Crippen LogP contribution in [0.5, 0.6) is 0 Å². The molecule has 15 heteroatoms. The standard InChI is InChI=1S/C78H47F6N9/c79-77(80,81)63-37-21-19-35-57(63)61-45-56(76-85-65(48-23-7-1-8-24-48)47-66(86-76)49-25-9-2-10-26-49)46-62(58-36-20-22-38-64(58)78(82,83)84)69(61)93-67-41-39-54(74-89-70(50-27-11-3-12-28-50)87-71(90-74)51-29-13-4-14-30-51)43-59(67)60-44-55(40-42-68(60)93)75-91-72(52-31-15-5-16-32-52)88-73(92-75)53-33-17-6-18-34-53/h1-47H. The number of aromatic nitrogens is 9. The monoisotopic (exact) mass is 1220 g/mol. The van der Waals surface area contributed by atoms with Crippen LogP contribution in [0.1, 0.15) is 11.1 Å². The van der Waals surface area contributed by atoms with Crippen molar-refractivity contribution in [1.29, 1.82) is 0 Å². The molecule has 0 atom stereocenters. The SMILES string of the molecule is FC(F)(F)c1ccccc1-c1cc(-c2nc(-c3ccccc3)cc(-c3ccccc3)n2)cc(-c2ccccc2C(F)(F)F)c1-n1c2ccc(-c3nc(-c4ccccc4)nc(-c4ccccc4)n3)cc2c2cc(-c3nc(-c4ccccc4)nc(-c4ccccc4)n3)ccc21. The normalized spacial score (nSPS) is 11.8. The van der Waals surface area contributed by atoms with Crippen LogP contribution in [0.4, 0.5) is 26.3 Å². The first kappa shape index (κ1) is 57.3. The topological polar surface area (TPSA) is 108 Å². The van der Waals surface area contributed by atoms with Crippen molar-refractivity contribution >= 4 is 21.8 Å². The average Bonchev–Trinajstić information content (AvgIpc) is 1.64. The number of nitrogens with zero attached hydrogens (tertiary/aromatic N) is 9. The average molecular weight is 1220 g/mol. The number of fused-ring (bicyclic) bond motifs is 3. The van der Waals surface area contributed by atoms with Crippen molar-refractivity contribution in [2.24, 2.45) is 0 Å². The van der Waals surface area contributed by atoms with Crippen molar-refractivity contribution in [3.63, 3.8) is 0 Å². The zero-order valence-electron chi connectivity index (χ0n) is 48.9. The molecular weight excluding hydrogens is 1180 g/mol. The maximum Gasteiger partial charge on any atom is 0.417 e. The molecule has 0 bridgehead atoms. The highest BCUT2D eigenvalue weighted by Crippen LogP contribution is 2.50. The summed E-state index contributed by atoms with van der Waals surface area (Å²) in [6.45, 7) is 0. The van der Waals surface area contributed by atoms with E-state index >= 15 is 26.3 Å². The fourth-order valence-corrected chi connectivity index (χ4v) is 11.9. The molecule has 0 fully saturated rings. The molecule has 0 amide bonds. The third-order valence-electron chi connectivity index (χ3n) is 16.2. The minimum atomic E-state index is -4.95. The van der Waals surface area contributed by atoms with Gasteiger partial charge in [0.2, 0.25) is 0 Å². The number of hydrogen-bond acceptors (Lipinski definition) is 8. The van der Waals surface area contributed by atoms with Crippen LogP contribution in [0.2, 0.25) is 0 Å². The van der Waals surface area contributed by atoms with Crippen molar-refractivity contribution in [3.8, 4) is 130 Å². The Morgan fingerprint density at radius 1 is 0.226 bits per heavy atom. The summed E-state index contributed by atoms with van der Waals surface area (Å²) in [6.07, 6.45) is -9.90. The zero-order chi connectivity index (χ0) is 63.2. The molecule has 0 N–H and O–H groups in total. The van der Waals surface area contributed by atoms with E-state index in [1.807, 2.05) is 200 Å². The van der Waals surface area contributed by atoms with Crippen LogP contribution in [0.15, 0.2) is 285 Å². The molecule has 0 spiro atoms. The first-order valence-electron chi connectivity index (χ1n) is 29.7. The van der Waals surface area contributed by atoms with Crippen LogP contribution in [0.25, 0.3) is 152 Å². The van der Waals surface area contributed by atoms with Crippen LogP contribution in [0.3, 0.4) is 0 Å². The lowest BCUT2D eigenvalue weighted by molar-refractivity contribution is -0.137. The Kier molecular flexibility index (Phi) is 14.6. The molecule has 0 radical (unpaired) electrons. The second kappa shape index (κ2) is 23.7. The molecule has 0 aliphatic carbocycles. The minimum Gasteiger partial charge on any atom is -0.308 e. The predicted molar refractivity (Wildman–Crippen MR) is 353 cm³/mol. The number of rotatable bonds is 12. The van der Waals surface area contributed by atoms with Gasteiger partial charge in [0.05, 0.1) is 39.2 Å². The van der Waals surface area contributed by atoms with Crippen molar-refractivity contribution in [2.75, 3.05) is 0 Å². The highest BCUT2D eigenvalue weighted by Gasteiger charge is 2.38. The molecule has 93 heavy (non-hydrogen) atoms. The lowest BCUT2D eigenvalue weighted by Crippen LogP contribution is -2.11. The summed E-state index contributed by atoms with van der Waals surface area (Å²) >= 11 is 0. The Hall–Kier alpha value is -12.1. The van der Waals surface area contributed by atoms with E-state index in [2.05, 4.69) is 0 Å². The molecule has 11 aromatic carbocycles. The van der Waals surface area contributed by atoms with Gasteiger partial charge in [-0.05, 0) is 77.9 Å². The van der Waals surface area contributed by atoms with Crippen LogP contribution < -0.4 is 0 Å². The Morgan fingerprint density at radius 2 is 0.505 bits per heavy atom. The number of halogens is 6. The van der Waals surface area contributed by atoms with Gasteiger partial charge in [-0.2, -0.15) is 26.3 Å². The summed E-state index contributed by atoms with van der Waals surface area (Å²) in [4.78, 5) is 40.4. The second-order valence-electron chi connectivity index (χ2n) is 22.1. The van der Waals surface area contributed by atoms with Gasteiger partial charge >= 0.3 is 12.4 Å². The lowest BCUT2D eigenvalue weighted by atomic mass is 9.88. The molecule has 0 saturated carbocycles. The van der Waals surface area contributed by atoms with Gasteiger partial charge in [-0.1, -0.05) is 218 Å². The second-order valence-corrected chi connectivity index (χ2v) is 22.1. The highest BCUT2D eigenvalue weighted by atomic mass is 19.4. The summed E-state index contributed by atoms with van der Waals surface area (Å²) in [5, 5.41) is 1.07. The van der Waals surface area contributed by atoms with E-state index in [4.69, 9.17) is 39.9 Å². The third kappa shape index (κ3) is 11.2. The van der Waals surface area contributed by atoms with Gasteiger partial charge in [0.15, 0.2) is 40.8 Å². The molecule has 0 aliphatic rings. The van der Waals surface area contributed by atoms with Gasteiger partial charge < -0.3 is 4.57 Å². The van der Waals surface area contributed by atoms with E-state index < -0.39 is 23.5 Å². The van der Waals surface area contributed by atoms with Gasteiger partial charge in [-0.25, -0.2) is 39.9 Å². The van der Waals surface area contributed by atoms with Gasteiger partial charge in [0.1, 0.15) is 0 Å². The molecule has 446 valence electrons. The zero-order valence-corrected chi connectivity index (χ0v) is 48.9. The molecule has 0 unspecified atom stereocenters. The van der Waals surface area contributed by atoms with Gasteiger partial charge in [-0.3, -0.25) is 0 Å². The van der Waals surface area contributed by atoms with E-state index in [1.165, 1.54) is 36.4 Å². The van der Waals surface area contributed by atoms with Gasteiger partial charge in [0.25, 0.3) is 0 Å². The molecule has 15 aromatic rings. The third-order valence-corrected chi connectivity index (χ3v) is 16.2. The van der Waals surface area contributed by atoms with Crippen LogP contribution >= 0.6 is 0 Å². The summed E-state index contributed by atoms with van der Waals surface area (Å²) in [7, 11) is 0. The van der Waals surface area contributed by atoms with Crippen molar-refractivity contribution in [1.82, 2.24) is 44.4 Å². The Bertz CT molecular complexity index is 4850. The van der Waals surface area contributed by atoms with E-state index in [-0.39, 0.29) is 39.3 Å². The first-order chi connectivity index (χ1) is 45.4. The summed E-state index contributed by atoms with van der Waals surface area (Å²) in [5.74, 6) is 2.26. The van der Waals surface area contributed by atoms with E-state index in [9.17, 15) is 0 Å². The molecule has 0 aliphatic heterocycles. The van der Waals surface area contributed by atoms with Crippen LogP contribution in [-0.4, -0.2) is 44.4 Å². The molecule has 15 rings (SSSR count). The van der Waals surface area contributed by atoms with Gasteiger partial charge in [-0.15, -0.1) is 0 Å². The van der Waals surface area contributed by atoms with E-state index in [0.29, 0.717) is 90.4 Å².